The molecule has 0 radical (unpaired) electrons. The van der Waals surface area contributed by atoms with Crippen molar-refractivity contribution in [1.29, 1.82) is 0 Å². The third kappa shape index (κ3) is 8.07. The van der Waals surface area contributed by atoms with Crippen molar-refractivity contribution in [2.75, 3.05) is 12.3 Å². The van der Waals surface area contributed by atoms with Gasteiger partial charge in [-0.15, -0.1) is 24.2 Å². The van der Waals surface area contributed by atoms with Gasteiger partial charge in [0.1, 0.15) is 0 Å². The normalized spacial score (nSPS) is 11.4. The van der Waals surface area contributed by atoms with Crippen LogP contribution in [-0.2, 0) is 4.79 Å². The van der Waals surface area contributed by atoms with Gasteiger partial charge in [-0.25, -0.2) is 0 Å². The van der Waals surface area contributed by atoms with E-state index in [0.717, 1.165) is 11.3 Å². The van der Waals surface area contributed by atoms with Crippen LogP contribution in [0.25, 0.3) is 0 Å². The summed E-state index contributed by atoms with van der Waals surface area (Å²) >= 11 is 1.54. The summed E-state index contributed by atoms with van der Waals surface area (Å²) in [4.78, 5) is 12.5. The zero-order valence-electron chi connectivity index (χ0n) is 9.89. The molecule has 0 fully saturated rings. The molecule has 0 aromatic heterocycles. The highest BCUT2D eigenvalue weighted by molar-refractivity contribution is 8.00. The number of thioether (sulfide) groups is 1. The topological polar surface area (TPSA) is 55.1 Å². The summed E-state index contributed by atoms with van der Waals surface area (Å²) in [5.41, 5.74) is 5.59. The molecule has 3 N–H and O–H groups in total. The smallest absolute Gasteiger partial charge is 0.230 e. The number of carbonyl (C=O) groups is 1. The first-order valence-corrected chi connectivity index (χ1v) is 6.37. The molecule has 0 saturated carbocycles. The number of hydrogen-bond donors (Lipinski definition) is 2. The molecule has 0 heterocycles. The SMILES string of the molecule is CC(N)CCNC(=O)CSc1ccccc1.Cl. The second-order valence-electron chi connectivity index (χ2n) is 3.72. The fourth-order valence-electron chi connectivity index (χ4n) is 1.16. The lowest BCUT2D eigenvalue weighted by molar-refractivity contribution is -0.118. The molecule has 96 valence electrons. The molecule has 5 heteroatoms. The van der Waals surface area contributed by atoms with Crippen LogP contribution in [0.1, 0.15) is 13.3 Å². The largest absolute Gasteiger partial charge is 0.355 e. The van der Waals surface area contributed by atoms with E-state index in [2.05, 4.69) is 5.32 Å². The maximum Gasteiger partial charge on any atom is 0.230 e. The molecule has 0 aliphatic carbocycles. The van der Waals surface area contributed by atoms with E-state index >= 15 is 0 Å². The lowest BCUT2D eigenvalue weighted by atomic mass is 10.2. The second kappa shape index (κ2) is 9.33. The van der Waals surface area contributed by atoms with Crippen molar-refractivity contribution in [3.8, 4) is 0 Å². The summed E-state index contributed by atoms with van der Waals surface area (Å²) in [5.74, 6) is 0.526. The molecule has 0 saturated heterocycles. The quantitative estimate of drug-likeness (QED) is 0.781. The molecule has 3 nitrogen and oxygen atoms in total. The summed E-state index contributed by atoms with van der Waals surface area (Å²) < 4.78 is 0. The van der Waals surface area contributed by atoms with Gasteiger partial charge in [0, 0.05) is 17.5 Å². The number of hydrogen-bond acceptors (Lipinski definition) is 3. The zero-order chi connectivity index (χ0) is 11.8. The van der Waals surface area contributed by atoms with Crippen molar-refractivity contribution in [3.63, 3.8) is 0 Å². The van der Waals surface area contributed by atoms with Crippen LogP contribution in [0.2, 0.25) is 0 Å². The van der Waals surface area contributed by atoms with Crippen molar-refractivity contribution in [3.05, 3.63) is 30.3 Å². The monoisotopic (exact) mass is 274 g/mol. The zero-order valence-corrected chi connectivity index (χ0v) is 11.5. The van der Waals surface area contributed by atoms with Crippen LogP contribution < -0.4 is 11.1 Å². The summed E-state index contributed by atoms with van der Waals surface area (Å²) in [5, 5.41) is 2.84. The van der Waals surface area contributed by atoms with E-state index in [-0.39, 0.29) is 24.4 Å². The van der Waals surface area contributed by atoms with E-state index in [9.17, 15) is 4.79 Å². The van der Waals surface area contributed by atoms with Gasteiger partial charge in [0.25, 0.3) is 0 Å². The fourth-order valence-corrected chi connectivity index (χ4v) is 1.91. The molecular weight excluding hydrogens is 256 g/mol. The first kappa shape index (κ1) is 16.3. The van der Waals surface area contributed by atoms with Gasteiger partial charge in [-0.2, -0.15) is 0 Å². The molecule has 1 aromatic carbocycles. The van der Waals surface area contributed by atoms with Crippen LogP contribution in [-0.4, -0.2) is 24.2 Å². The van der Waals surface area contributed by atoms with Gasteiger partial charge in [-0.3, -0.25) is 4.79 Å². The Morgan fingerprint density at radius 1 is 1.41 bits per heavy atom. The summed E-state index contributed by atoms with van der Waals surface area (Å²) in [6.07, 6.45) is 0.821. The second-order valence-corrected chi connectivity index (χ2v) is 4.77. The molecule has 1 aromatic rings. The molecule has 17 heavy (non-hydrogen) atoms. The molecule has 1 rings (SSSR count). The van der Waals surface area contributed by atoms with Crippen LogP contribution in [0, 0.1) is 0 Å². The minimum absolute atomic E-state index is 0. The number of rotatable bonds is 6. The summed E-state index contributed by atoms with van der Waals surface area (Å²) in [6, 6.07) is 10.0. The van der Waals surface area contributed by atoms with E-state index in [1.54, 1.807) is 11.8 Å². The highest BCUT2D eigenvalue weighted by Crippen LogP contribution is 2.15. The standard InChI is InChI=1S/C12H18N2OS.ClH/c1-10(13)7-8-14-12(15)9-16-11-5-3-2-4-6-11;/h2-6,10H,7-9,13H2,1H3,(H,14,15);1H. The van der Waals surface area contributed by atoms with Crippen LogP contribution in [0.15, 0.2) is 35.2 Å². The third-order valence-corrected chi connectivity index (χ3v) is 3.05. The number of nitrogens with one attached hydrogen (secondary N) is 1. The molecule has 0 aliphatic heterocycles. The lowest BCUT2D eigenvalue weighted by Gasteiger charge is -2.07. The van der Waals surface area contributed by atoms with Crippen molar-refractivity contribution in [2.45, 2.75) is 24.3 Å². The van der Waals surface area contributed by atoms with Crippen molar-refractivity contribution >= 4 is 30.1 Å². The van der Waals surface area contributed by atoms with Crippen molar-refractivity contribution in [1.82, 2.24) is 5.32 Å². The highest BCUT2D eigenvalue weighted by Gasteiger charge is 2.02. The van der Waals surface area contributed by atoms with Crippen LogP contribution in [0.3, 0.4) is 0 Å². The Morgan fingerprint density at radius 3 is 2.65 bits per heavy atom. The third-order valence-electron chi connectivity index (χ3n) is 2.03. The Labute approximate surface area is 113 Å². The van der Waals surface area contributed by atoms with E-state index in [1.165, 1.54) is 0 Å². The minimum Gasteiger partial charge on any atom is -0.355 e. The molecule has 1 atom stereocenters. The Kier molecular flexibility index (Phi) is 8.94. The number of benzene rings is 1. The van der Waals surface area contributed by atoms with E-state index in [4.69, 9.17) is 5.73 Å². The van der Waals surface area contributed by atoms with Gasteiger partial charge in [-0.05, 0) is 25.5 Å². The maximum absolute atomic E-state index is 11.4. The molecule has 0 bridgehead atoms. The number of carbonyl (C=O) groups excluding carboxylic acids is 1. The first-order chi connectivity index (χ1) is 7.68. The van der Waals surface area contributed by atoms with Gasteiger partial charge in [0.15, 0.2) is 0 Å². The highest BCUT2D eigenvalue weighted by atomic mass is 35.5. The number of amides is 1. The number of nitrogens with two attached hydrogens (primary N) is 1. The van der Waals surface area contributed by atoms with E-state index in [1.807, 2.05) is 37.3 Å². The van der Waals surface area contributed by atoms with Gasteiger partial charge in [0.2, 0.25) is 5.91 Å². The van der Waals surface area contributed by atoms with Crippen molar-refractivity contribution < 1.29 is 4.79 Å². The average Bonchev–Trinajstić information content (AvgIpc) is 2.27. The van der Waals surface area contributed by atoms with Crippen LogP contribution in [0.4, 0.5) is 0 Å². The average molecular weight is 275 g/mol. The van der Waals surface area contributed by atoms with Gasteiger partial charge < -0.3 is 11.1 Å². The summed E-state index contributed by atoms with van der Waals surface area (Å²) in [7, 11) is 0. The Morgan fingerprint density at radius 2 is 2.06 bits per heavy atom. The molecular formula is C12H19ClN2OS. The molecule has 1 unspecified atom stereocenters. The maximum atomic E-state index is 11.4. The Balaban J connectivity index is 0.00000256. The predicted octanol–water partition coefficient (Wildman–Crippen LogP) is 2.05. The first-order valence-electron chi connectivity index (χ1n) is 5.38. The Bertz CT molecular complexity index is 320. The Hall–Kier alpha value is -0.710. The predicted molar refractivity (Wildman–Crippen MR) is 75.7 cm³/mol. The fraction of sp³-hybridized carbons (Fsp3) is 0.417. The van der Waals surface area contributed by atoms with E-state index < -0.39 is 0 Å². The van der Waals surface area contributed by atoms with Crippen LogP contribution in [0.5, 0.6) is 0 Å². The molecule has 1 amide bonds. The van der Waals surface area contributed by atoms with Crippen molar-refractivity contribution in [2.24, 2.45) is 5.73 Å². The van der Waals surface area contributed by atoms with Gasteiger partial charge in [-0.1, -0.05) is 18.2 Å². The van der Waals surface area contributed by atoms with Gasteiger partial charge >= 0.3 is 0 Å². The van der Waals surface area contributed by atoms with Crippen LogP contribution >= 0.6 is 24.2 Å². The summed E-state index contributed by atoms with van der Waals surface area (Å²) in [6.45, 7) is 2.59. The van der Waals surface area contributed by atoms with Gasteiger partial charge in [0.05, 0.1) is 5.75 Å². The van der Waals surface area contributed by atoms with E-state index in [0.29, 0.717) is 12.3 Å². The minimum atomic E-state index is 0. The molecule has 0 aliphatic rings. The lowest BCUT2D eigenvalue weighted by Crippen LogP contribution is -2.30. The number of halogens is 1. The molecule has 0 spiro atoms.